The van der Waals surface area contributed by atoms with Gasteiger partial charge in [0.15, 0.2) is 5.16 Å². The predicted molar refractivity (Wildman–Crippen MR) is 156 cm³/mol. The first-order valence-corrected chi connectivity index (χ1v) is 14.5. The second kappa shape index (κ2) is 10.8. The third-order valence-electron chi connectivity index (χ3n) is 7.74. The third kappa shape index (κ3) is 5.09. The van der Waals surface area contributed by atoms with Crippen LogP contribution in [0.3, 0.4) is 0 Å². The molecule has 0 unspecified atom stereocenters. The van der Waals surface area contributed by atoms with Crippen molar-refractivity contribution in [3.8, 4) is 11.3 Å². The highest BCUT2D eigenvalue weighted by Crippen LogP contribution is 2.50. The van der Waals surface area contributed by atoms with Gasteiger partial charge in [-0.2, -0.15) is 0 Å². The van der Waals surface area contributed by atoms with Crippen LogP contribution in [-0.2, 0) is 28.0 Å². The molecule has 0 atom stereocenters. The van der Waals surface area contributed by atoms with E-state index in [0.717, 1.165) is 48.9 Å². The molecule has 1 saturated carbocycles. The van der Waals surface area contributed by atoms with Gasteiger partial charge in [0.05, 0.1) is 29.8 Å². The lowest BCUT2D eigenvalue weighted by atomic mass is 9.68. The van der Waals surface area contributed by atoms with E-state index in [-0.39, 0.29) is 35.1 Å². The summed E-state index contributed by atoms with van der Waals surface area (Å²) in [7, 11) is 0. The van der Waals surface area contributed by atoms with Crippen molar-refractivity contribution in [2.75, 3.05) is 16.4 Å². The first-order chi connectivity index (χ1) is 19.4. The molecule has 6 rings (SSSR count). The summed E-state index contributed by atoms with van der Waals surface area (Å²) in [6.07, 6.45) is 6.59. The largest absolute Gasteiger partial charge is 0.467 e. The lowest BCUT2D eigenvalue weighted by Crippen LogP contribution is -2.40. The normalized spacial score (nSPS) is 14.9. The van der Waals surface area contributed by atoms with E-state index in [2.05, 4.69) is 16.7 Å². The number of carbonyl (C=O) groups is 2. The Morgan fingerprint density at radius 1 is 1.00 bits per heavy atom. The molecule has 2 aliphatic carbocycles. The van der Waals surface area contributed by atoms with Crippen molar-refractivity contribution in [2.24, 2.45) is 0 Å². The molecular formula is C31H30N4O4S. The number of carbonyl (C=O) groups excluding carboxylic acids is 2. The fourth-order valence-corrected chi connectivity index (χ4v) is 6.81. The number of fused-ring (bicyclic) bond motifs is 4. The van der Waals surface area contributed by atoms with Gasteiger partial charge < -0.3 is 15.1 Å². The van der Waals surface area contributed by atoms with Crippen LogP contribution < -0.4 is 16.2 Å². The van der Waals surface area contributed by atoms with E-state index in [0.29, 0.717) is 22.3 Å². The van der Waals surface area contributed by atoms with Crippen molar-refractivity contribution >= 4 is 35.0 Å². The second-order valence-electron chi connectivity index (χ2n) is 10.5. The maximum atomic E-state index is 14.3. The van der Waals surface area contributed by atoms with E-state index in [1.165, 1.54) is 24.2 Å². The van der Waals surface area contributed by atoms with Gasteiger partial charge in [0.1, 0.15) is 5.76 Å². The fraction of sp³-hybridized carbons (Fsp3) is 0.290. The maximum Gasteiger partial charge on any atom is 0.258 e. The van der Waals surface area contributed by atoms with Gasteiger partial charge in [-0.15, -0.1) is 0 Å². The molecule has 204 valence electrons. The van der Waals surface area contributed by atoms with E-state index in [9.17, 15) is 14.4 Å². The Hall–Kier alpha value is -4.11. The Bertz CT molecular complexity index is 1620. The number of furan rings is 1. The van der Waals surface area contributed by atoms with Crippen LogP contribution in [0.5, 0.6) is 0 Å². The molecule has 2 heterocycles. The molecule has 8 nitrogen and oxygen atoms in total. The van der Waals surface area contributed by atoms with Crippen molar-refractivity contribution in [1.29, 1.82) is 0 Å². The average molecular weight is 555 g/mol. The lowest BCUT2D eigenvalue weighted by Gasteiger charge is -2.36. The zero-order chi connectivity index (χ0) is 27.7. The maximum absolute atomic E-state index is 14.3. The van der Waals surface area contributed by atoms with Crippen molar-refractivity contribution in [3.63, 3.8) is 0 Å². The van der Waals surface area contributed by atoms with E-state index in [4.69, 9.17) is 9.40 Å². The van der Waals surface area contributed by atoms with Crippen molar-refractivity contribution in [1.82, 2.24) is 9.55 Å². The van der Waals surface area contributed by atoms with Gasteiger partial charge in [-0.05, 0) is 61.2 Å². The van der Waals surface area contributed by atoms with Gasteiger partial charge >= 0.3 is 0 Å². The Morgan fingerprint density at radius 2 is 1.73 bits per heavy atom. The number of anilines is 2. The van der Waals surface area contributed by atoms with E-state index in [1.807, 2.05) is 24.3 Å². The van der Waals surface area contributed by atoms with E-state index >= 15 is 0 Å². The Morgan fingerprint density at radius 3 is 2.42 bits per heavy atom. The highest BCUT2D eigenvalue weighted by Gasteiger charge is 2.44. The summed E-state index contributed by atoms with van der Waals surface area (Å²) in [6.45, 7) is 1.69. The molecule has 1 spiro atoms. The number of thioether (sulfide) groups is 1. The number of benzene rings is 2. The molecule has 0 saturated heterocycles. The molecular weight excluding hydrogens is 524 g/mol. The van der Waals surface area contributed by atoms with Crippen molar-refractivity contribution in [3.05, 3.63) is 94.2 Å². The van der Waals surface area contributed by atoms with Crippen LogP contribution in [0.15, 0.2) is 81.3 Å². The number of hydrogen-bond acceptors (Lipinski definition) is 6. The smallest absolute Gasteiger partial charge is 0.258 e. The minimum atomic E-state index is -0.221. The molecule has 2 N–H and O–H groups in total. The predicted octanol–water partition coefficient (Wildman–Crippen LogP) is 5.61. The highest BCUT2D eigenvalue weighted by atomic mass is 32.2. The molecule has 9 heteroatoms. The van der Waals surface area contributed by atoms with Crippen molar-refractivity contribution < 1.29 is 14.0 Å². The number of rotatable bonds is 7. The molecule has 0 radical (unpaired) electrons. The third-order valence-corrected chi connectivity index (χ3v) is 8.72. The van der Waals surface area contributed by atoms with Gasteiger partial charge in [0.25, 0.3) is 5.56 Å². The van der Waals surface area contributed by atoms with Crippen LogP contribution in [0.25, 0.3) is 11.3 Å². The summed E-state index contributed by atoms with van der Waals surface area (Å²) in [5.41, 5.74) is 4.80. The van der Waals surface area contributed by atoms with E-state index < -0.39 is 0 Å². The fourth-order valence-electron chi connectivity index (χ4n) is 6.02. The highest BCUT2D eigenvalue weighted by molar-refractivity contribution is 7.99. The van der Waals surface area contributed by atoms with Gasteiger partial charge in [-0.25, -0.2) is 4.98 Å². The van der Waals surface area contributed by atoms with E-state index in [1.54, 1.807) is 41.2 Å². The monoisotopic (exact) mass is 554 g/mol. The number of nitrogens with zero attached hydrogens (tertiary/aromatic N) is 2. The molecule has 2 aliphatic rings. The van der Waals surface area contributed by atoms with Crippen LogP contribution >= 0.6 is 11.8 Å². The van der Waals surface area contributed by atoms with Crippen LogP contribution in [-0.4, -0.2) is 27.1 Å². The molecule has 2 aromatic carbocycles. The standard InChI is InChI=1S/C31H30N4O4S/c1-20(36)32-22-10-12-23(13-11-22)33-26(37)19-40-30-34-28-25-9-3-2-7-21(25)17-31(14-4-5-15-31)27(28)29(38)35(30)18-24-8-6-16-39-24/h2-3,6-13,16H,4-5,14-15,17-19H2,1H3,(H,32,36)(H,33,37). The molecule has 2 aromatic heterocycles. The SMILES string of the molecule is CC(=O)Nc1ccc(NC(=O)CSc2nc3c(c(=O)n2Cc2ccco2)C2(CCCC2)Cc2ccccc2-3)cc1. The van der Waals surface area contributed by atoms with Gasteiger partial charge in [0.2, 0.25) is 11.8 Å². The summed E-state index contributed by atoms with van der Waals surface area (Å²) in [5, 5.41) is 6.08. The Labute approximate surface area is 236 Å². The summed E-state index contributed by atoms with van der Waals surface area (Å²) < 4.78 is 7.27. The number of hydrogen-bond donors (Lipinski definition) is 2. The molecule has 2 amide bonds. The minimum absolute atomic E-state index is 0.0470. The summed E-state index contributed by atoms with van der Waals surface area (Å²) in [5.74, 6) is 0.351. The summed E-state index contributed by atoms with van der Waals surface area (Å²) in [6, 6.07) is 18.8. The van der Waals surface area contributed by atoms with Crippen LogP contribution in [0.1, 0.15) is 49.5 Å². The minimum Gasteiger partial charge on any atom is -0.467 e. The summed E-state index contributed by atoms with van der Waals surface area (Å²) in [4.78, 5) is 43.6. The second-order valence-corrected chi connectivity index (χ2v) is 11.4. The molecule has 4 aromatic rings. The van der Waals surface area contributed by atoms with Gasteiger partial charge in [0, 0.05) is 29.3 Å². The van der Waals surface area contributed by atoms with Crippen molar-refractivity contribution in [2.45, 2.75) is 56.1 Å². The topological polar surface area (TPSA) is 106 Å². The lowest BCUT2D eigenvalue weighted by molar-refractivity contribution is -0.114. The molecule has 40 heavy (non-hydrogen) atoms. The number of amides is 2. The van der Waals surface area contributed by atoms with Gasteiger partial charge in [-0.3, -0.25) is 19.0 Å². The molecule has 0 aliphatic heterocycles. The van der Waals surface area contributed by atoms with Gasteiger partial charge in [-0.1, -0.05) is 48.9 Å². The first-order valence-electron chi connectivity index (χ1n) is 13.5. The Kier molecular flexibility index (Phi) is 7.06. The van der Waals surface area contributed by atoms with Crippen LogP contribution in [0.2, 0.25) is 0 Å². The zero-order valence-corrected chi connectivity index (χ0v) is 23.1. The molecule has 1 fully saturated rings. The quantitative estimate of drug-likeness (QED) is 0.227. The molecule has 0 bridgehead atoms. The first kappa shape index (κ1) is 26.1. The average Bonchev–Trinajstić information content (AvgIpc) is 3.63. The summed E-state index contributed by atoms with van der Waals surface area (Å²) >= 11 is 1.24. The van der Waals surface area contributed by atoms with Crippen LogP contribution in [0.4, 0.5) is 11.4 Å². The number of nitrogens with one attached hydrogen (secondary N) is 2. The van der Waals surface area contributed by atoms with Crippen LogP contribution in [0, 0.1) is 0 Å². The zero-order valence-electron chi connectivity index (χ0n) is 22.2. The number of aromatic nitrogens is 2. The Balaban J connectivity index is 1.33.